The Morgan fingerprint density at radius 1 is 0.314 bits per heavy atom. The van der Waals surface area contributed by atoms with Crippen molar-refractivity contribution in [3.8, 4) is 56.0 Å². The van der Waals surface area contributed by atoms with Crippen molar-refractivity contribution in [2.45, 2.75) is 0 Å². The summed E-state index contributed by atoms with van der Waals surface area (Å²) in [5.41, 5.74) is 13.3. The SMILES string of the molecule is c1ccc(-c2cc(-c3cccc4c3sc3ccc(-c5cccc([Si](c6ccccc6)(c6ccccc6)c6ccccc6)c5)cc34)cc(-c3ccccc3)c2B2c3ccccc3Oc3ccccc32)cc1. The summed E-state index contributed by atoms with van der Waals surface area (Å²) in [6.07, 6.45) is 0. The number of hydrogen-bond acceptors (Lipinski definition) is 2. The van der Waals surface area contributed by atoms with Crippen LogP contribution >= 0.6 is 11.3 Å². The third kappa shape index (κ3) is 7.07. The van der Waals surface area contributed by atoms with Crippen molar-refractivity contribution in [1.29, 1.82) is 0 Å². The number of hydrogen-bond donors (Lipinski definition) is 0. The monoisotopic (exact) mass is 924 g/mol. The smallest absolute Gasteiger partial charge is 0.252 e. The number of benzene rings is 11. The minimum atomic E-state index is -2.71. The fourth-order valence-corrected chi connectivity index (χ4v) is 17.3. The van der Waals surface area contributed by atoms with Gasteiger partial charge in [-0.25, -0.2) is 0 Å². The van der Waals surface area contributed by atoms with E-state index in [9.17, 15) is 0 Å². The molecule has 11 aromatic carbocycles. The standard InChI is InChI=1S/C66H45BOSSi/c1-6-22-46(23-7-1)57-44-50(45-58(47-24-8-2-9-25-47)65(57)67-60-36-16-18-38-62(60)68-63-39-19-17-37-61(63)67)55-34-21-35-56-59-43-49(40-41-64(59)69-66(55)56)48-26-20-33-54(42-48)70(51-27-10-3-11-28-51,52-29-12-4-13-30-52)53-31-14-5-15-32-53/h1-45H. The Hall–Kier alpha value is -8.28. The van der Waals surface area contributed by atoms with Gasteiger partial charge >= 0.3 is 0 Å². The van der Waals surface area contributed by atoms with Crippen LogP contribution in [0.15, 0.2) is 273 Å². The van der Waals surface area contributed by atoms with E-state index in [0.29, 0.717) is 0 Å². The van der Waals surface area contributed by atoms with Gasteiger partial charge in [-0.2, -0.15) is 0 Å². The van der Waals surface area contributed by atoms with E-state index in [2.05, 4.69) is 273 Å². The highest BCUT2D eigenvalue weighted by molar-refractivity contribution is 7.26. The van der Waals surface area contributed by atoms with E-state index >= 15 is 0 Å². The van der Waals surface area contributed by atoms with Crippen LogP contribution in [0, 0.1) is 0 Å². The van der Waals surface area contributed by atoms with Gasteiger partial charge in [-0.3, -0.25) is 0 Å². The Morgan fingerprint density at radius 3 is 1.33 bits per heavy atom. The van der Waals surface area contributed by atoms with E-state index in [1.54, 1.807) is 0 Å². The van der Waals surface area contributed by atoms with Crippen molar-refractivity contribution in [1.82, 2.24) is 0 Å². The minimum Gasteiger partial charge on any atom is -0.458 e. The summed E-state index contributed by atoms with van der Waals surface area (Å²) >= 11 is 1.89. The summed E-state index contributed by atoms with van der Waals surface area (Å²) in [7, 11) is -2.71. The zero-order valence-electron chi connectivity index (χ0n) is 38.4. The molecule has 0 atom stereocenters. The van der Waals surface area contributed by atoms with Gasteiger partial charge in [-0.1, -0.05) is 242 Å². The first-order valence-corrected chi connectivity index (χ1v) is 26.9. The molecule has 0 aliphatic carbocycles. The Bertz CT molecular complexity index is 3650. The third-order valence-corrected chi connectivity index (χ3v) is 20.4. The number of rotatable bonds is 9. The maximum Gasteiger partial charge on any atom is 0.252 e. The predicted octanol–water partition coefficient (Wildman–Crippen LogP) is 12.7. The van der Waals surface area contributed by atoms with E-state index < -0.39 is 8.07 Å². The molecule has 328 valence electrons. The Balaban J connectivity index is 0.997. The van der Waals surface area contributed by atoms with Gasteiger partial charge in [0.25, 0.3) is 6.71 Å². The van der Waals surface area contributed by atoms with Gasteiger partial charge in [0, 0.05) is 20.2 Å². The zero-order valence-corrected chi connectivity index (χ0v) is 40.2. The molecule has 1 aliphatic heterocycles. The van der Waals surface area contributed by atoms with Gasteiger partial charge in [0.1, 0.15) is 11.5 Å². The van der Waals surface area contributed by atoms with E-state index in [1.807, 2.05) is 11.3 Å². The lowest BCUT2D eigenvalue weighted by Crippen LogP contribution is -2.74. The van der Waals surface area contributed by atoms with Crippen molar-refractivity contribution in [3.63, 3.8) is 0 Å². The van der Waals surface area contributed by atoms with E-state index in [0.717, 1.165) is 11.5 Å². The minimum absolute atomic E-state index is 0.0569. The van der Waals surface area contributed by atoms with Crippen molar-refractivity contribution in [3.05, 3.63) is 273 Å². The highest BCUT2D eigenvalue weighted by atomic mass is 32.1. The zero-order chi connectivity index (χ0) is 46.4. The molecule has 2 heterocycles. The van der Waals surface area contributed by atoms with Gasteiger partial charge in [0.2, 0.25) is 0 Å². The second-order valence-electron chi connectivity index (χ2n) is 18.3. The fourth-order valence-electron chi connectivity index (χ4n) is 11.3. The molecule has 13 rings (SSSR count). The largest absolute Gasteiger partial charge is 0.458 e. The average molecular weight is 925 g/mol. The second kappa shape index (κ2) is 17.7. The number of thiophene rings is 1. The summed E-state index contributed by atoms with van der Waals surface area (Å²) < 4.78 is 9.18. The Morgan fingerprint density at radius 2 is 0.771 bits per heavy atom. The summed E-state index contributed by atoms with van der Waals surface area (Å²) in [4.78, 5) is 0. The molecule has 0 bridgehead atoms. The quantitative estimate of drug-likeness (QED) is 0.104. The molecule has 0 radical (unpaired) electrons. The lowest BCUT2D eigenvalue weighted by Gasteiger charge is -2.34. The van der Waals surface area contributed by atoms with Crippen LogP contribution in [0.5, 0.6) is 11.5 Å². The van der Waals surface area contributed by atoms with Gasteiger partial charge in [0.05, 0.1) is 0 Å². The fraction of sp³-hybridized carbons (Fsp3) is 0. The van der Waals surface area contributed by atoms with Gasteiger partial charge in [0.15, 0.2) is 8.07 Å². The van der Waals surface area contributed by atoms with Crippen LogP contribution in [0.3, 0.4) is 0 Å². The van der Waals surface area contributed by atoms with E-state index in [1.165, 1.54) is 102 Å². The molecule has 1 nitrogen and oxygen atoms in total. The third-order valence-electron chi connectivity index (χ3n) is 14.4. The maximum absolute atomic E-state index is 6.61. The highest BCUT2D eigenvalue weighted by Gasteiger charge is 2.41. The van der Waals surface area contributed by atoms with Crippen molar-refractivity contribution in [2.75, 3.05) is 0 Å². The summed E-state index contributed by atoms with van der Waals surface area (Å²) in [6.45, 7) is -0.0569. The van der Waals surface area contributed by atoms with Crippen LogP contribution in [0.4, 0.5) is 0 Å². The summed E-state index contributed by atoms with van der Waals surface area (Å²) in [5, 5.41) is 8.04. The number of fused-ring (bicyclic) bond motifs is 5. The normalized spacial score (nSPS) is 12.1. The van der Waals surface area contributed by atoms with Crippen molar-refractivity contribution >= 4 is 83.4 Å². The van der Waals surface area contributed by atoms with Gasteiger partial charge in [-0.15, -0.1) is 11.3 Å². The van der Waals surface area contributed by atoms with Gasteiger partial charge in [-0.05, 0) is 113 Å². The summed E-state index contributed by atoms with van der Waals surface area (Å²) in [5.74, 6) is 1.80. The van der Waals surface area contributed by atoms with Crippen LogP contribution in [-0.2, 0) is 0 Å². The molecule has 1 aliphatic rings. The lowest BCUT2D eigenvalue weighted by atomic mass is 9.34. The lowest BCUT2D eigenvalue weighted by molar-refractivity contribution is 0.487. The molecule has 70 heavy (non-hydrogen) atoms. The summed E-state index contributed by atoms with van der Waals surface area (Å²) in [6, 6.07) is 101. The van der Waals surface area contributed by atoms with Crippen LogP contribution in [-0.4, -0.2) is 14.8 Å². The van der Waals surface area contributed by atoms with Crippen LogP contribution < -0.4 is 41.9 Å². The molecule has 0 saturated heterocycles. The molecule has 0 spiro atoms. The first-order chi connectivity index (χ1) is 34.7. The number of para-hydroxylation sites is 2. The molecule has 0 amide bonds. The van der Waals surface area contributed by atoms with E-state index in [4.69, 9.17) is 4.74 Å². The molecule has 0 fully saturated rings. The molecule has 0 N–H and O–H groups in total. The highest BCUT2D eigenvalue weighted by Crippen LogP contribution is 2.43. The van der Waals surface area contributed by atoms with Gasteiger partial charge < -0.3 is 4.74 Å². The molecule has 0 saturated carbocycles. The predicted molar refractivity (Wildman–Crippen MR) is 302 cm³/mol. The molecular formula is C66H45BOSSi. The Labute approximate surface area is 414 Å². The van der Waals surface area contributed by atoms with E-state index in [-0.39, 0.29) is 6.71 Å². The van der Waals surface area contributed by atoms with Crippen LogP contribution in [0.1, 0.15) is 0 Å². The van der Waals surface area contributed by atoms with Crippen molar-refractivity contribution in [2.24, 2.45) is 0 Å². The first kappa shape index (κ1) is 41.9. The molecular weight excluding hydrogens is 880 g/mol. The molecule has 4 heteroatoms. The van der Waals surface area contributed by atoms with Crippen molar-refractivity contribution < 1.29 is 4.74 Å². The number of ether oxygens (including phenoxy) is 1. The average Bonchev–Trinajstić information content (AvgIpc) is 3.82. The Kier molecular flexibility index (Phi) is 10.6. The molecule has 0 unspecified atom stereocenters. The molecule has 12 aromatic rings. The van der Waals surface area contributed by atoms with Crippen LogP contribution in [0.2, 0.25) is 0 Å². The maximum atomic E-state index is 6.61. The first-order valence-electron chi connectivity index (χ1n) is 24.1. The van der Waals surface area contributed by atoms with Crippen LogP contribution in [0.25, 0.3) is 64.7 Å². The second-order valence-corrected chi connectivity index (χ2v) is 23.1. The topological polar surface area (TPSA) is 9.23 Å². The molecule has 1 aromatic heterocycles.